The van der Waals surface area contributed by atoms with Crippen LogP contribution in [0.25, 0.3) is 10.9 Å². The van der Waals surface area contributed by atoms with Gasteiger partial charge in [-0.2, -0.15) is 5.26 Å². The SMILES string of the molecule is N#Cc1ccc2ccn(Cc3cn(CCCCC(=O)NCCOCCOCCOCCOC(N)=O)cn3)c2c1. The van der Waals surface area contributed by atoms with Gasteiger partial charge in [-0.3, -0.25) is 4.79 Å². The van der Waals surface area contributed by atoms with Gasteiger partial charge in [0, 0.05) is 37.4 Å². The van der Waals surface area contributed by atoms with Crippen molar-refractivity contribution in [2.45, 2.75) is 32.4 Å². The predicted octanol–water partition coefficient (Wildman–Crippen LogP) is 2.19. The molecule has 39 heavy (non-hydrogen) atoms. The number of hydrogen-bond donors (Lipinski definition) is 2. The highest BCUT2D eigenvalue weighted by molar-refractivity contribution is 5.81. The molecule has 2 aromatic heterocycles. The molecule has 0 aliphatic heterocycles. The quantitative estimate of drug-likeness (QED) is 0.219. The molecule has 12 nitrogen and oxygen atoms in total. The number of nitrogens with two attached hydrogens (primary N) is 1. The van der Waals surface area contributed by atoms with E-state index in [9.17, 15) is 9.59 Å². The molecule has 12 heteroatoms. The monoisotopic (exact) mass is 540 g/mol. The molecule has 0 aliphatic rings. The summed E-state index contributed by atoms with van der Waals surface area (Å²) >= 11 is 0. The van der Waals surface area contributed by atoms with Gasteiger partial charge in [0.1, 0.15) is 6.61 Å². The standard InChI is InChI=1S/C27H36N6O6/c28-18-22-4-5-23-6-9-33(25(23)17-22)20-24-19-32(21-31-24)8-2-1-3-26(34)30-7-10-36-11-12-37-13-14-38-15-16-39-27(29)35/h4-6,9,17,19,21H,1-3,7-8,10-16,20H2,(H2,29,35)(H,30,34). The minimum absolute atomic E-state index is 0.00913. The molecule has 3 rings (SSSR count). The van der Waals surface area contributed by atoms with Crippen LogP contribution in [0.4, 0.5) is 4.79 Å². The van der Waals surface area contributed by atoms with Gasteiger partial charge in [0.2, 0.25) is 5.91 Å². The van der Waals surface area contributed by atoms with Gasteiger partial charge in [-0.25, -0.2) is 9.78 Å². The average molecular weight is 541 g/mol. The first-order chi connectivity index (χ1) is 19.0. The molecule has 0 radical (unpaired) electrons. The summed E-state index contributed by atoms with van der Waals surface area (Å²) in [6.45, 7) is 4.33. The van der Waals surface area contributed by atoms with Crippen LogP contribution >= 0.6 is 0 Å². The lowest BCUT2D eigenvalue weighted by Crippen LogP contribution is -2.27. The highest BCUT2D eigenvalue weighted by atomic mass is 16.6. The third-order valence-corrected chi connectivity index (χ3v) is 5.78. The predicted molar refractivity (Wildman–Crippen MR) is 143 cm³/mol. The summed E-state index contributed by atoms with van der Waals surface area (Å²) in [5.41, 5.74) is 7.43. The molecule has 210 valence electrons. The Labute approximate surface area is 227 Å². The molecule has 3 N–H and O–H groups in total. The fraction of sp³-hybridized carbons (Fsp3) is 0.481. The smallest absolute Gasteiger partial charge is 0.404 e. The molecule has 0 unspecified atom stereocenters. The summed E-state index contributed by atoms with van der Waals surface area (Å²) in [7, 11) is 0. The third kappa shape index (κ3) is 11.2. The number of carbonyl (C=O) groups excluding carboxylic acids is 2. The number of amides is 2. The Balaban J connectivity index is 1.17. The number of hydrogen-bond acceptors (Lipinski definition) is 8. The molecule has 0 spiro atoms. The number of aryl methyl sites for hydroxylation is 1. The van der Waals surface area contributed by atoms with E-state index in [1.165, 1.54) is 0 Å². The molecule has 1 aromatic carbocycles. The second-order valence-corrected chi connectivity index (χ2v) is 8.74. The summed E-state index contributed by atoms with van der Waals surface area (Å²) in [6.07, 6.45) is 7.15. The van der Waals surface area contributed by atoms with Crippen LogP contribution in [0.15, 0.2) is 43.0 Å². The molecule has 3 aromatic rings. The lowest BCUT2D eigenvalue weighted by atomic mass is 10.2. The Morgan fingerprint density at radius 1 is 1.00 bits per heavy atom. The largest absolute Gasteiger partial charge is 0.447 e. The molecule has 2 amide bonds. The van der Waals surface area contributed by atoms with Crippen molar-refractivity contribution in [1.82, 2.24) is 19.4 Å². The number of nitrogens with one attached hydrogen (secondary N) is 1. The zero-order chi connectivity index (χ0) is 27.7. The summed E-state index contributed by atoms with van der Waals surface area (Å²) in [4.78, 5) is 26.9. The molecule has 0 bridgehead atoms. The number of ether oxygens (including phenoxy) is 4. The Morgan fingerprint density at radius 2 is 1.74 bits per heavy atom. The fourth-order valence-electron chi connectivity index (χ4n) is 3.85. The van der Waals surface area contributed by atoms with Crippen molar-refractivity contribution < 1.29 is 28.5 Å². The first kappa shape index (κ1) is 29.6. The number of fused-ring (bicyclic) bond motifs is 1. The topological polar surface area (TPSA) is 156 Å². The van der Waals surface area contributed by atoms with E-state index in [-0.39, 0.29) is 19.1 Å². The maximum Gasteiger partial charge on any atom is 0.404 e. The number of aromatic nitrogens is 3. The summed E-state index contributed by atoms with van der Waals surface area (Å²) in [5.74, 6) is 0.00913. The van der Waals surface area contributed by atoms with Gasteiger partial charge in [-0.15, -0.1) is 0 Å². The zero-order valence-corrected chi connectivity index (χ0v) is 22.0. The van der Waals surface area contributed by atoms with Crippen LogP contribution in [0.2, 0.25) is 0 Å². The third-order valence-electron chi connectivity index (χ3n) is 5.78. The number of nitrogens with zero attached hydrogens (tertiary/aromatic N) is 4. The number of unbranched alkanes of at least 4 members (excludes halogenated alkanes) is 1. The van der Waals surface area contributed by atoms with E-state index >= 15 is 0 Å². The second kappa shape index (κ2) is 16.8. The first-order valence-electron chi connectivity index (χ1n) is 13.0. The van der Waals surface area contributed by atoms with Crippen molar-refractivity contribution in [2.24, 2.45) is 5.73 Å². The Kier molecular flexibility index (Phi) is 12.8. The molecule has 0 fully saturated rings. The van der Waals surface area contributed by atoms with E-state index in [1.54, 1.807) is 0 Å². The number of benzene rings is 1. The van der Waals surface area contributed by atoms with Crippen LogP contribution in [0.3, 0.4) is 0 Å². The minimum Gasteiger partial charge on any atom is -0.447 e. The summed E-state index contributed by atoms with van der Waals surface area (Å²) < 4.78 is 24.7. The highest BCUT2D eigenvalue weighted by Crippen LogP contribution is 2.18. The molecule has 0 atom stereocenters. The van der Waals surface area contributed by atoms with Gasteiger partial charge in [0.05, 0.1) is 69.8 Å². The minimum atomic E-state index is -0.819. The van der Waals surface area contributed by atoms with Crippen molar-refractivity contribution in [3.63, 3.8) is 0 Å². The lowest BCUT2D eigenvalue weighted by molar-refractivity contribution is -0.121. The second-order valence-electron chi connectivity index (χ2n) is 8.74. The summed E-state index contributed by atoms with van der Waals surface area (Å²) in [6, 6.07) is 9.90. The number of nitriles is 1. The molecular formula is C27H36N6O6. The maximum absolute atomic E-state index is 12.0. The van der Waals surface area contributed by atoms with Crippen molar-refractivity contribution in [2.75, 3.05) is 52.8 Å². The van der Waals surface area contributed by atoms with E-state index in [0.717, 1.165) is 36.0 Å². The lowest BCUT2D eigenvalue weighted by Gasteiger charge is -2.08. The Hall–Kier alpha value is -3.92. The molecule has 0 aliphatic carbocycles. The Bertz CT molecular complexity index is 1220. The van der Waals surface area contributed by atoms with Crippen molar-refractivity contribution in [1.29, 1.82) is 5.26 Å². The normalized spacial score (nSPS) is 10.9. The zero-order valence-electron chi connectivity index (χ0n) is 22.0. The molecule has 0 saturated heterocycles. The van der Waals surface area contributed by atoms with Crippen molar-refractivity contribution >= 4 is 22.9 Å². The maximum atomic E-state index is 12.0. The fourth-order valence-corrected chi connectivity index (χ4v) is 3.85. The van der Waals surface area contributed by atoms with E-state index in [0.29, 0.717) is 58.1 Å². The van der Waals surface area contributed by atoms with E-state index in [1.807, 2.05) is 47.6 Å². The van der Waals surface area contributed by atoms with Gasteiger partial charge in [0.15, 0.2) is 0 Å². The van der Waals surface area contributed by atoms with Crippen LogP contribution in [0.1, 0.15) is 30.5 Å². The molecule has 2 heterocycles. The van der Waals surface area contributed by atoms with Gasteiger partial charge in [0.25, 0.3) is 0 Å². The van der Waals surface area contributed by atoms with Crippen LogP contribution in [-0.2, 0) is 36.8 Å². The van der Waals surface area contributed by atoms with E-state index in [2.05, 4.69) is 25.7 Å². The number of primary amides is 1. The number of rotatable bonds is 19. The Morgan fingerprint density at radius 3 is 2.49 bits per heavy atom. The van der Waals surface area contributed by atoms with Crippen molar-refractivity contribution in [3.8, 4) is 6.07 Å². The van der Waals surface area contributed by atoms with E-state index < -0.39 is 6.09 Å². The first-order valence-corrected chi connectivity index (χ1v) is 13.0. The van der Waals surface area contributed by atoms with Crippen molar-refractivity contribution in [3.05, 3.63) is 54.2 Å². The van der Waals surface area contributed by atoms with Gasteiger partial charge in [-0.1, -0.05) is 6.07 Å². The molecular weight excluding hydrogens is 504 g/mol. The van der Waals surface area contributed by atoms with Gasteiger partial charge >= 0.3 is 6.09 Å². The average Bonchev–Trinajstić information content (AvgIpc) is 3.55. The van der Waals surface area contributed by atoms with E-state index in [4.69, 9.17) is 25.2 Å². The summed E-state index contributed by atoms with van der Waals surface area (Å²) in [5, 5.41) is 13.1. The van der Waals surface area contributed by atoms with Crippen LogP contribution in [0.5, 0.6) is 0 Å². The van der Waals surface area contributed by atoms with Crippen LogP contribution < -0.4 is 11.1 Å². The van der Waals surface area contributed by atoms with Gasteiger partial charge < -0.3 is 39.1 Å². The van der Waals surface area contributed by atoms with Crippen LogP contribution in [0, 0.1) is 11.3 Å². The molecule has 0 saturated carbocycles. The number of carbonyl (C=O) groups is 2. The number of imidazole rings is 1. The highest BCUT2D eigenvalue weighted by Gasteiger charge is 2.06. The van der Waals surface area contributed by atoms with Crippen LogP contribution in [-0.4, -0.2) is 78.9 Å². The van der Waals surface area contributed by atoms with Gasteiger partial charge in [-0.05, 0) is 36.4 Å².